The second-order valence-corrected chi connectivity index (χ2v) is 8.30. The van der Waals surface area contributed by atoms with Gasteiger partial charge in [0.05, 0.1) is 24.7 Å². The minimum atomic E-state index is -0.525. The standard InChI is InChI=1S/C20H30BNO5/c1-19(2)20(3,4)27-21(26-19)16-12-14(6-7-17(16)24-5)13-18(23)22-15-8-10-25-11-9-15/h6-7,12,15H,8-11,13H2,1-5H3,(H,22,23). The summed E-state index contributed by atoms with van der Waals surface area (Å²) in [4.78, 5) is 12.4. The number of carbonyl (C=O) groups is 1. The summed E-state index contributed by atoms with van der Waals surface area (Å²) in [5.41, 5.74) is 0.857. The van der Waals surface area contributed by atoms with Crippen LogP contribution in [0, 0.1) is 0 Å². The van der Waals surface area contributed by atoms with Gasteiger partial charge in [-0.25, -0.2) is 0 Å². The molecule has 0 radical (unpaired) electrons. The molecule has 2 saturated heterocycles. The first kappa shape index (κ1) is 20.2. The highest BCUT2D eigenvalue weighted by Gasteiger charge is 2.52. The maximum absolute atomic E-state index is 12.4. The lowest BCUT2D eigenvalue weighted by Crippen LogP contribution is -2.41. The van der Waals surface area contributed by atoms with E-state index in [0.717, 1.165) is 23.9 Å². The maximum Gasteiger partial charge on any atom is 0.498 e. The van der Waals surface area contributed by atoms with Gasteiger partial charge in [-0.3, -0.25) is 4.79 Å². The molecule has 0 spiro atoms. The van der Waals surface area contributed by atoms with E-state index in [4.69, 9.17) is 18.8 Å². The smallest absolute Gasteiger partial charge is 0.497 e. The van der Waals surface area contributed by atoms with E-state index >= 15 is 0 Å². The topological polar surface area (TPSA) is 66.0 Å². The minimum absolute atomic E-state index is 0.0203. The van der Waals surface area contributed by atoms with Crippen LogP contribution >= 0.6 is 0 Å². The fourth-order valence-corrected chi connectivity index (χ4v) is 3.35. The van der Waals surface area contributed by atoms with Crippen LogP contribution in [0.25, 0.3) is 0 Å². The molecule has 2 aliphatic heterocycles. The first-order valence-corrected chi connectivity index (χ1v) is 9.61. The van der Waals surface area contributed by atoms with Gasteiger partial charge < -0.3 is 24.1 Å². The molecule has 0 atom stereocenters. The number of methoxy groups -OCH3 is 1. The van der Waals surface area contributed by atoms with Gasteiger partial charge in [-0.15, -0.1) is 0 Å². The Kier molecular flexibility index (Phi) is 5.84. The number of nitrogens with one attached hydrogen (secondary N) is 1. The molecule has 3 rings (SSSR count). The van der Waals surface area contributed by atoms with Crippen molar-refractivity contribution in [2.24, 2.45) is 0 Å². The monoisotopic (exact) mass is 375 g/mol. The Morgan fingerprint density at radius 1 is 1.19 bits per heavy atom. The summed E-state index contributed by atoms with van der Waals surface area (Å²) in [5, 5.41) is 3.10. The van der Waals surface area contributed by atoms with E-state index in [0.29, 0.717) is 25.4 Å². The molecule has 1 amide bonds. The van der Waals surface area contributed by atoms with E-state index < -0.39 is 18.3 Å². The third-order valence-corrected chi connectivity index (χ3v) is 5.75. The fraction of sp³-hybridized carbons (Fsp3) is 0.650. The Morgan fingerprint density at radius 3 is 2.41 bits per heavy atom. The minimum Gasteiger partial charge on any atom is -0.497 e. The zero-order chi connectivity index (χ0) is 19.7. The molecule has 0 aliphatic carbocycles. The zero-order valence-electron chi connectivity index (χ0n) is 17.0. The molecule has 148 valence electrons. The molecule has 2 aliphatic rings. The third kappa shape index (κ3) is 4.47. The van der Waals surface area contributed by atoms with E-state index in [1.54, 1.807) is 7.11 Å². The highest BCUT2D eigenvalue weighted by Crippen LogP contribution is 2.37. The molecule has 2 fully saturated rings. The Bertz CT molecular complexity index is 669. The summed E-state index contributed by atoms with van der Waals surface area (Å²) in [6.45, 7) is 9.49. The predicted octanol–water partition coefficient (Wildman–Crippen LogP) is 1.83. The van der Waals surface area contributed by atoms with Crippen LogP contribution in [-0.4, -0.2) is 50.6 Å². The van der Waals surface area contributed by atoms with Crippen LogP contribution < -0.4 is 15.5 Å². The summed E-state index contributed by atoms with van der Waals surface area (Å²) in [5.74, 6) is 0.717. The van der Waals surface area contributed by atoms with Crippen LogP contribution in [0.5, 0.6) is 5.75 Å². The third-order valence-electron chi connectivity index (χ3n) is 5.75. The van der Waals surface area contributed by atoms with Crippen molar-refractivity contribution in [1.29, 1.82) is 0 Å². The molecule has 7 heteroatoms. The van der Waals surface area contributed by atoms with Crippen molar-refractivity contribution < 1.29 is 23.6 Å². The van der Waals surface area contributed by atoms with Crippen molar-refractivity contribution in [3.8, 4) is 5.75 Å². The number of benzene rings is 1. The fourth-order valence-electron chi connectivity index (χ4n) is 3.35. The average molecular weight is 375 g/mol. The zero-order valence-corrected chi connectivity index (χ0v) is 17.0. The molecule has 1 aromatic rings. The molecule has 1 N–H and O–H groups in total. The number of hydrogen-bond acceptors (Lipinski definition) is 5. The van der Waals surface area contributed by atoms with Gasteiger partial charge >= 0.3 is 7.12 Å². The Labute approximate surface area is 162 Å². The molecular formula is C20H30BNO5. The lowest BCUT2D eigenvalue weighted by atomic mass is 9.77. The van der Waals surface area contributed by atoms with Gasteiger partial charge in [0.1, 0.15) is 5.75 Å². The van der Waals surface area contributed by atoms with E-state index in [2.05, 4.69) is 5.32 Å². The Hall–Kier alpha value is -1.57. The summed E-state index contributed by atoms with van der Waals surface area (Å²) in [7, 11) is 1.10. The Balaban J connectivity index is 1.73. The van der Waals surface area contributed by atoms with Gasteiger partial charge in [0.25, 0.3) is 0 Å². The number of carbonyl (C=O) groups excluding carboxylic acids is 1. The van der Waals surface area contributed by atoms with Gasteiger partial charge in [0.2, 0.25) is 5.91 Å². The highest BCUT2D eigenvalue weighted by atomic mass is 16.7. The van der Waals surface area contributed by atoms with Gasteiger partial charge in [-0.2, -0.15) is 0 Å². The van der Waals surface area contributed by atoms with E-state index in [9.17, 15) is 4.79 Å². The second kappa shape index (κ2) is 7.82. The van der Waals surface area contributed by atoms with E-state index in [1.807, 2.05) is 45.9 Å². The SMILES string of the molecule is COc1ccc(CC(=O)NC2CCOCC2)cc1B1OC(C)(C)C(C)(C)O1. The lowest BCUT2D eigenvalue weighted by Gasteiger charge is -2.32. The van der Waals surface area contributed by atoms with Crippen LogP contribution in [0.1, 0.15) is 46.1 Å². The first-order valence-electron chi connectivity index (χ1n) is 9.61. The predicted molar refractivity (Wildman–Crippen MR) is 104 cm³/mol. The van der Waals surface area contributed by atoms with Gasteiger partial charge in [-0.05, 0) is 52.2 Å². The van der Waals surface area contributed by atoms with E-state index in [-0.39, 0.29) is 11.9 Å². The highest BCUT2D eigenvalue weighted by molar-refractivity contribution is 6.63. The molecule has 0 bridgehead atoms. The van der Waals surface area contributed by atoms with Gasteiger partial charge in [-0.1, -0.05) is 12.1 Å². The maximum atomic E-state index is 12.4. The lowest BCUT2D eigenvalue weighted by molar-refractivity contribution is -0.121. The van der Waals surface area contributed by atoms with Crippen LogP contribution in [0.2, 0.25) is 0 Å². The van der Waals surface area contributed by atoms with Crippen LogP contribution in [0.4, 0.5) is 0 Å². The van der Waals surface area contributed by atoms with Crippen LogP contribution in [0.15, 0.2) is 18.2 Å². The molecular weight excluding hydrogens is 345 g/mol. The van der Waals surface area contributed by atoms with Crippen molar-refractivity contribution in [1.82, 2.24) is 5.32 Å². The molecule has 6 nitrogen and oxygen atoms in total. The molecule has 27 heavy (non-hydrogen) atoms. The molecule has 0 aromatic heterocycles. The quantitative estimate of drug-likeness (QED) is 0.796. The van der Waals surface area contributed by atoms with Crippen molar-refractivity contribution in [2.75, 3.05) is 20.3 Å². The summed E-state index contributed by atoms with van der Waals surface area (Å²) in [6, 6.07) is 5.94. The van der Waals surface area contributed by atoms with E-state index in [1.165, 1.54) is 0 Å². The van der Waals surface area contributed by atoms with Crippen LogP contribution in [0.3, 0.4) is 0 Å². The number of ether oxygens (including phenoxy) is 2. The normalized spacial score (nSPS) is 21.9. The number of hydrogen-bond donors (Lipinski definition) is 1. The van der Waals surface area contributed by atoms with Crippen molar-refractivity contribution in [3.05, 3.63) is 23.8 Å². The van der Waals surface area contributed by atoms with Crippen molar-refractivity contribution in [3.63, 3.8) is 0 Å². The summed E-state index contributed by atoms with van der Waals surface area (Å²) < 4.78 is 23.2. The Morgan fingerprint density at radius 2 is 1.81 bits per heavy atom. The van der Waals surface area contributed by atoms with Crippen molar-refractivity contribution in [2.45, 2.75) is 64.2 Å². The second-order valence-electron chi connectivity index (χ2n) is 8.30. The molecule has 0 saturated carbocycles. The summed E-state index contributed by atoms with van der Waals surface area (Å²) in [6.07, 6.45) is 2.05. The van der Waals surface area contributed by atoms with Crippen molar-refractivity contribution >= 4 is 18.5 Å². The first-order chi connectivity index (χ1) is 12.7. The largest absolute Gasteiger partial charge is 0.498 e. The number of amides is 1. The molecule has 2 heterocycles. The number of rotatable bonds is 5. The molecule has 0 unspecified atom stereocenters. The molecule has 1 aromatic carbocycles. The van der Waals surface area contributed by atoms with Crippen LogP contribution in [-0.2, 0) is 25.3 Å². The summed E-state index contributed by atoms with van der Waals surface area (Å²) >= 11 is 0. The van der Waals surface area contributed by atoms with Gasteiger partial charge in [0.15, 0.2) is 0 Å². The average Bonchev–Trinajstić information content (AvgIpc) is 2.83. The van der Waals surface area contributed by atoms with Gasteiger partial charge in [0, 0.05) is 24.7 Å².